The molecule has 0 fully saturated rings. The van der Waals surface area contributed by atoms with E-state index in [2.05, 4.69) is 31.5 Å². The molecule has 0 unspecified atom stereocenters. The molecule has 8 heteroatoms. The Morgan fingerprint density at radius 3 is 2.39 bits per heavy atom. The van der Waals surface area contributed by atoms with Crippen LogP contribution in [0.25, 0.3) is 0 Å². The minimum absolute atomic E-state index is 0.0653. The van der Waals surface area contributed by atoms with E-state index in [4.69, 9.17) is 0 Å². The SMILES string of the molecule is O=C(NNC(=O)c1ccccc1Br)c1cccc(OC(F)F)c1. The smallest absolute Gasteiger partial charge is 0.387 e. The van der Waals surface area contributed by atoms with Gasteiger partial charge in [-0.2, -0.15) is 8.78 Å². The third-order valence-corrected chi connectivity index (χ3v) is 3.42. The van der Waals surface area contributed by atoms with Gasteiger partial charge in [0, 0.05) is 10.0 Å². The van der Waals surface area contributed by atoms with E-state index in [0.717, 1.165) is 6.07 Å². The Morgan fingerprint density at radius 2 is 1.70 bits per heavy atom. The van der Waals surface area contributed by atoms with Crippen molar-refractivity contribution in [2.45, 2.75) is 6.61 Å². The average molecular weight is 385 g/mol. The Bertz CT molecular complexity index is 725. The van der Waals surface area contributed by atoms with Crippen molar-refractivity contribution in [3.05, 3.63) is 64.1 Å². The van der Waals surface area contributed by atoms with E-state index in [1.54, 1.807) is 24.3 Å². The number of alkyl halides is 2. The highest BCUT2D eigenvalue weighted by atomic mass is 79.9. The van der Waals surface area contributed by atoms with Gasteiger partial charge in [0.2, 0.25) is 0 Å². The van der Waals surface area contributed by atoms with Crippen molar-refractivity contribution in [3.8, 4) is 5.75 Å². The molecule has 0 aliphatic heterocycles. The number of halogens is 3. The van der Waals surface area contributed by atoms with Gasteiger partial charge in [-0.3, -0.25) is 20.4 Å². The predicted molar refractivity (Wildman–Crippen MR) is 82.1 cm³/mol. The van der Waals surface area contributed by atoms with Crippen molar-refractivity contribution in [1.82, 2.24) is 10.9 Å². The highest BCUT2D eigenvalue weighted by molar-refractivity contribution is 9.10. The molecule has 0 aromatic heterocycles. The van der Waals surface area contributed by atoms with Crippen LogP contribution in [0.15, 0.2) is 53.0 Å². The van der Waals surface area contributed by atoms with Gasteiger partial charge >= 0.3 is 6.61 Å². The Balaban J connectivity index is 2.00. The molecule has 2 rings (SSSR count). The number of carbonyl (C=O) groups is 2. The number of hydrazine groups is 1. The molecule has 0 aliphatic carbocycles. The summed E-state index contributed by atoms with van der Waals surface area (Å²) in [5.41, 5.74) is 4.84. The second-order valence-electron chi connectivity index (χ2n) is 4.29. The standard InChI is InChI=1S/C15H11BrF2N2O3/c16-12-7-2-1-6-11(12)14(22)20-19-13(21)9-4-3-5-10(8-9)23-15(17)18/h1-8,15H,(H,19,21)(H,20,22). The molecule has 0 saturated heterocycles. The number of benzene rings is 2. The summed E-state index contributed by atoms with van der Waals surface area (Å²) in [5.74, 6) is -1.33. The van der Waals surface area contributed by atoms with Crippen LogP contribution in [0.3, 0.4) is 0 Å². The maximum Gasteiger partial charge on any atom is 0.387 e. The van der Waals surface area contributed by atoms with E-state index in [0.29, 0.717) is 10.0 Å². The van der Waals surface area contributed by atoms with E-state index in [9.17, 15) is 18.4 Å². The van der Waals surface area contributed by atoms with Crippen LogP contribution in [-0.2, 0) is 0 Å². The van der Waals surface area contributed by atoms with Gasteiger partial charge in [-0.05, 0) is 46.3 Å². The van der Waals surface area contributed by atoms with Gasteiger partial charge in [0.1, 0.15) is 5.75 Å². The Hall–Kier alpha value is -2.48. The largest absolute Gasteiger partial charge is 0.435 e. The van der Waals surface area contributed by atoms with Gasteiger partial charge < -0.3 is 4.74 Å². The quantitative estimate of drug-likeness (QED) is 0.795. The number of hydrogen-bond acceptors (Lipinski definition) is 3. The number of hydrogen-bond donors (Lipinski definition) is 2. The van der Waals surface area contributed by atoms with Crippen LogP contribution >= 0.6 is 15.9 Å². The Morgan fingerprint density at radius 1 is 1.00 bits per heavy atom. The molecular weight excluding hydrogens is 374 g/mol. The monoisotopic (exact) mass is 384 g/mol. The van der Waals surface area contributed by atoms with Gasteiger partial charge in [0.05, 0.1) is 5.56 Å². The number of carbonyl (C=O) groups excluding carboxylic acids is 2. The number of ether oxygens (including phenoxy) is 1. The van der Waals surface area contributed by atoms with Crippen LogP contribution in [0.1, 0.15) is 20.7 Å². The summed E-state index contributed by atoms with van der Waals surface area (Å²) in [6.45, 7) is -2.98. The summed E-state index contributed by atoms with van der Waals surface area (Å²) in [5, 5.41) is 0. The first-order chi connectivity index (χ1) is 11.0. The average Bonchev–Trinajstić information content (AvgIpc) is 2.52. The van der Waals surface area contributed by atoms with E-state index in [-0.39, 0.29) is 11.3 Å². The topological polar surface area (TPSA) is 67.4 Å². The van der Waals surface area contributed by atoms with Crippen LogP contribution in [0.5, 0.6) is 5.75 Å². The maximum atomic E-state index is 12.1. The lowest BCUT2D eigenvalue weighted by molar-refractivity contribution is -0.0498. The van der Waals surface area contributed by atoms with E-state index in [1.807, 2.05) is 0 Å². The predicted octanol–water partition coefficient (Wildman–Crippen LogP) is 3.13. The van der Waals surface area contributed by atoms with Gasteiger partial charge in [-0.25, -0.2) is 0 Å². The number of nitrogens with one attached hydrogen (secondary N) is 2. The summed E-state index contributed by atoms with van der Waals surface area (Å²) >= 11 is 3.22. The highest BCUT2D eigenvalue weighted by Gasteiger charge is 2.12. The molecule has 2 aromatic rings. The van der Waals surface area contributed by atoms with Crippen LogP contribution in [0, 0.1) is 0 Å². The molecule has 0 aliphatic rings. The molecule has 0 atom stereocenters. The molecule has 2 amide bonds. The van der Waals surface area contributed by atoms with Gasteiger partial charge in [0.15, 0.2) is 0 Å². The Labute approximate surface area is 138 Å². The van der Waals surface area contributed by atoms with Crippen molar-refractivity contribution in [3.63, 3.8) is 0 Å². The lowest BCUT2D eigenvalue weighted by Gasteiger charge is -2.09. The number of amides is 2. The lowest BCUT2D eigenvalue weighted by atomic mass is 10.2. The molecule has 2 aromatic carbocycles. The second kappa shape index (κ2) is 7.68. The summed E-state index contributed by atoms with van der Waals surface area (Å²) in [6.07, 6.45) is 0. The summed E-state index contributed by atoms with van der Waals surface area (Å²) in [7, 11) is 0. The first-order valence-corrected chi connectivity index (χ1v) is 7.17. The van der Waals surface area contributed by atoms with E-state index < -0.39 is 18.4 Å². The van der Waals surface area contributed by atoms with Crippen molar-refractivity contribution in [2.24, 2.45) is 0 Å². The fourth-order valence-electron chi connectivity index (χ4n) is 1.71. The third kappa shape index (κ3) is 4.75. The highest BCUT2D eigenvalue weighted by Crippen LogP contribution is 2.16. The zero-order chi connectivity index (χ0) is 16.8. The molecule has 0 spiro atoms. The molecule has 0 bridgehead atoms. The molecule has 2 N–H and O–H groups in total. The molecule has 0 radical (unpaired) electrons. The molecule has 120 valence electrons. The summed E-state index contributed by atoms with van der Waals surface area (Å²) < 4.78 is 29.1. The lowest BCUT2D eigenvalue weighted by Crippen LogP contribution is -2.41. The fourth-order valence-corrected chi connectivity index (χ4v) is 2.18. The maximum absolute atomic E-state index is 12.1. The minimum atomic E-state index is -2.98. The molecular formula is C15H11BrF2N2O3. The van der Waals surface area contributed by atoms with Crippen LogP contribution in [0.4, 0.5) is 8.78 Å². The van der Waals surface area contributed by atoms with E-state index >= 15 is 0 Å². The zero-order valence-corrected chi connectivity index (χ0v) is 13.1. The molecule has 5 nitrogen and oxygen atoms in total. The fraction of sp³-hybridized carbons (Fsp3) is 0.0667. The molecule has 23 heavy (non-hydrogen) atoms. The summed E-state index contributed by atoms with van der Waals surface area (Å²) in [4.78, 5) is 23.9. The minimum Gasteiger partial charge on any atom is -0.435 e. The normalized spacial score (nSPS) is 10.3. The first kappa shape index (κ1) is 16.9. The first-order valence-electron chi connectivity index (χ1n) is 6.37. The van der Waals surface area contributed by atoms with Crippen molar-refractivity contribution in [1.29, 1.82) is 0 Å². The van der Waals surface area contributed by atoms with Crippen LogP contribution in [-0.4, -0.2) is 18.4 Å². The summed E-state index contributed by atoms with van der Waals surface area (Å²) in [6, 6.07) is 11.9. The van der Waals surface area contributed by atoms with Crippen LogP contribution in [0.2, 0.25) is 0 Å². The van der Waals surface area contributed by atoms with Crippen LogP contribution < -0.4 is 15.6 Å². The van der Waals surface area contributed by atoms with Crippen molar-refractivity contribution < 1.29 is 23.1 Å². The van der Waals surface area contributed by atoms with E-state index in [1.165, 1.54) is 18.2 Å². The van der Waals surface area contributed by atoms with Gasteiger partial charge in [-0.15, -0.1) is 0 Å². The molecule has 0 heterocycles. The van der Waals surface area contributed by atoms with Gasteiger partial charge in [0.25, 0.3) is 11.8 Å². The van der Waals surface area contributed by atoms with Crippen molar-refractivity contribution in [2.75, 3.05) is 0 Å². The zero-order valence-electron chi connectivity index (χ0n) is 11.6. The Kier molecular flexibility index (Phi) is 5.64. The van der Waals surface area contributed by atoms with Crippen molar-refractivity contribution >= 4 is 27.7 Å². The molecule has 0 saturated carbocycles. The number of rotatable bonds is 4. The third-order valence-electron chi connectivity index (χ3n) is 2.73. The van der Waals surface area contributed by atoms with Gasteiger partial charge in [-0.1, -0.05) is 18.2 Å². The second-order valence-corrected chi connectivity index (χ2v) is 5.15.